The van der Waals surface area contributed by atoms with Crippen molar-refractivity contribution in [3.05, 3.63) is 39.3 Å². The van der Waals surface area contributed by atoms with E-state index < -0.39 is 11.9 Å². The van der Waals surface area contributed by atoms with Gasteiger partial charge in [-0.15, -0.1) is 11.3 Å². The van der Waals surface area contributed by atoms with Crippen molar-refractivity contribution >= 4 is 23.2 Å². The molecule has 2 aromatic heterocycles. The molecular formula is C11H11N3O3S. The Labute approximate surface area is 107 Å². The molecule has 6 nitrogen and oxygen atoms in total. The lowest BCUT2D eigenvalue weighted by Crippen LogP contribution is -2.12. The van der Waals surface area contributed by atoms with E-state index in [-0.39, 0.29) is 5.69 Å². The smallest absolute Gasteiger partial charge is 0.345 e. The minimum Gasteiger partial charge on any atom is -0.477 e. The number of carbonyl (C=O) groups excluding carboxylic acids is 1. The summed E-state index contributed by atoms with van der Waals surface area (Å²) in [5, 5.41) is 12.9. The molecule has 2 heterocycles. The van der Waals surface area contributed by atoms with Crippen molar-refractivity contribution in [2.45, 2.75) is 13.5 Å². The predicted octanol–water partition coefficient (Wildman–Crippen LogP) is 1.10. The average molecular weight is 265 g/mol. The van der Waals surface area contributed by atoms with Crippen LogP contribution < -0.4 is 5.73 Å². The predicted molar refractivity (Wildman–Crippen MR) is 65.9 cm³/mol. The summed E-state index contributed by atoms with van der Waals surface area (Å²) in [5.41, 5.74) is 6.17. The number of hydrogen-bond acceptors (Lipinski definition) is 4. The normalized spacial score (nSPS) is 10.5. The third-order valence-electron chi connectivity index (χ3n) is 2.46. The van der Waals surface area contributed by atoms with E-state index in [4.69, 9.17) is 10.8 Å². The third-order valence-corrected chi connectivity index (χ3v) is 3.54. The zero-order valence-electron chi connectivity index (χ0n) is 9.58. The van der Waals surface area contributed by atoms with Gasteiger partial charge in [0, 0.05) is 11.1 Å². The van der Waals surface area contributed by atoms with Crippen molar-refractivity contribution in [1.82, 2.24) is 9.78 Å². The first-order valence-corrected chi connectivity index (χ1v) is 5.95. The van der Waals surface area contributed by atoms with Crippen LogP contribution in [-0.2, 0) is 6.54 Å². The second kappa shape index (κ2) is 4.61. The van der Waals surface area contributed by atoms with E-state index in [2.05, 4.69) is 5.10 Å². The standard InChI is InChI=1S/C11H11N3O3S/c1-6-7(4-9(18-6)11(16)17)5-14-3-2-8(13-14)10(12)15/h2-4H,5H2,1H3,(H2,12,15)(H,16,17). The summed E-state index contributed by atoms with van der Waals surface area (Å²) in [7, 11) is 0. The quantitative estimate of drug-likeness (QED) is 0.864. The summed E-state index contributed by atoms with van der Waals surface area (Å²) in [6.07, 6.45) is 1.64. The van der Waals surface area contributed by atoms with Gasteiger partial charge in [0.2, 0.25) is 0 Å². The van der Waals surface area contributed by atoms with E-state index >= 15 is 0 Å². The van der Waals surface area contributed by atoms with Crippen molar-refractivity contribution in [2.24, 2.45) is 5.73 Å². The molecule has 0 radical (unpaired) electrons. The van der Waals surface area contributed by atoms with Gasteiger partial charge in [0.25, 0.3) is 5.91 Å². The molecule has 0 fully saturated rings. The van der Waals surface area contributed by atoms with Gasteiger partial charge < -0.3 is 10.8 Å². The number of amides is 1. The monoisotopic (exact) mass is 265 g/mol. The highest BCUT2D eigenvalue weighted by atomic mass is 32.1. The number of carbonyl (C=O) groups is 2. The van der Waals surface area contributed by atoms with Gasteiger partial charge in [-0.25, -0.2) is 4.79 Å². The van der Waals surface area contributed by atoms with Gasteiger partial charge in [0.15, 0.2) is 0 Å². The van der Waals surface area contributed by atoms with Crippen LogP contribution >= 0.6 is 11.3 Å². The molecule has 0 atom stereocenters. The first-order chi connectivity index (χ1) is 8.47. The first-order valence-electron chi connectivity index (χ1n) is 5.13. The van der Waals surface area contributed by atoms with Crippen molar-refractivity contribution in [1.29, 1.82) is 0 Å². The van der Waals surface area contributed by atoms with Gasteiger partial charge in [-0.05, 0) is 24.6 Å². The fourth-order valence-corrected chi connectivity index (χ4v) is 2.41. The number of primary amides is 1. The molecule has 18 heavy (non-hydrogen) atoms. The Morgan fingerprint density at radius 2 is 2.28 bits per heavy atom. The maximum atomic E-state index is 10.9. The molecule has 0 aliphatic rings. The van der Waals surface area contributed by atoms with Crippen LogP contribution in [0, 0.1) is 6.92 Å². The molecule has 0 spiro atoms. The largest absolute Gasteiger partial charge is 0.477 e. The van der Waals surface area contributed by atoms with E-state index in [1.807, 2.05) is 6.92 Å². The molecule has 7 heteroatoms. The molecule has 2 aromatic rings. The van der Waals surface area contributed by atoms with Crippen LogP contribution in [0.25, 0.3) is 0 Å². The summed E-state index contributed by atoms with van der Waals surface area (Å²) in [6.45, 7) is 2.27. The Morgan fingerprint density at radius 1 is 1.56 bits per heavy atom. The lowest BCUT2D eigenvalue weighted by atomic mass is 10.2. The number of carboxylic acid groups (broad SMARTS) is 1. The Hall–Kier alpha value is -2.15. The van der Waals surface area contributed by atoms with Gasteiger partial charge in [-0.1, -0.05) is 0 Å². The number of nitrogens with zero attached hydrogens (tertiary/aromatic N) is 2. The van der Waals surface area contributed by atoms with E-state index in [9.17, 15) is 9.59 Å². The van der Waals surface area contributed by atoms with Crippen LogP contribution in [0.4, 0.5) is 0 Å². The van der Waals surface area contributed by atoms with E-state index in [0.717, 1.165) is 10.4 Å². The second-order valence-corrected chi connectivity index (χ2v) is 5.02. The van der Waals surface area contributed by atoms with E-state index in [1.165, 1.54) is 17.4 Å². The molecule has 0 aliphatic heterocycles. The van der Waals surface area contributed by atoms with Gasteiger partial charge in [0.1, 0.15) is 10.6 Å². The number of rotatable bonds is 4. The van der Waals surface area contributed by atoms with Crippen molar-refractivity contribution in [3.8, 4) is 0 Å². The third kappa shape index (κ3) is 2.40. The molecule has 0 saturated heterocycles. The molecule has 0 unspecified atom stereocenters. The number of hydrogen-bond donors (Lipinski definition) is 2. The minimum absolute atomic E-state index is 0.196. The lowest BCUT2D eigenvalue weighted by Gasteiger charge is -1.99. The fourth-order valence-electron chi connectivity index (χ4n) is 1.54. The molecule has 3 N–H and O–H groups in total. The fraction of sp³-hybridized carbons (Fsp3) is 0.182. The number of thiophene rings is 1. The second-order valence-electron chi connectivity index (χ2n) is 3.76. The first kappa shape index (κ1) is 12.3. The number of carboxylic acids is 1. The summed E-state index contributed by atoms with van der Waals surface area (Å²) in [6, 6.07) is 3.15. The zero-order valence-corrected chi connectivity index (χ0v) is 10.4. The highest BCUT2D eigenvalue weighted by Gasteiger charge is 2.12. The van der Waals surface area contributed by atoms with Gasteiger partial charge in [-0.2, -0.15) is 5.10 Å². The number of nitrogens with two attached hydrogens (primary N) is 1. The Balaban J connectivity index is 2.22. The van der Waals surface area contributed by atoms with Gasteiger partial charge in [-0.3, -0.25) is 9.48 Å². The average Bonchev–Trinajstić information content (AvgIpc) is 2.87. The van der Waals surface area contributed by atoms with Crippen LogP contribution in [-0.4, -0.2) is 26.8 Å². The van der Waals surface area contributed by atoms with Gasteiger partial charge in [0.05, 0.1) is 6.54 Å². The highest BCUT2D eigenvalue weighted by Crippen LogP contribution is 2.22. The Morgan fingerprint density at radius 3 is 2.78 bits per heavy atom. The summed E-state index contributed by atoms with van der Waals surface area (Å²) in [4.78, 5) is 23.0. The maximum Gasteiger partial charge on any atom is 0.345 e. The number of aryl methyl sites for hydroxylation is 1. The van der Waals surface area contributed by atoms with E-state index in [1.54, 1.807) is 16.9 Å². The molecular weight excluding hydrogens is 254 g/mol. The van der Waals surface area contributed by atoms with Crippen LogP contribution in [0.2, 0.25) is 0 Å². The zero-order chi connectivity index (χ0) is 13.3. The van der Waals surface area contributed by atoms with Crippen LogP contribution in [0.15, 0.2) is 18.3 Å². The van der Waals surface area contributed by atoms with Crippen LogP contribution in [0.1, 0.15) is 30.6 Å². The molecule has 1 amide bonds. The molecule has 0 saturated carbocycles. The number of aromatic nitrogens is 2. The summed E-state index contributed by atoms with van der Waals surface area (Å²) in [5.74, 6) is -1.52. The molecule has 0 bridgehead atoms. The van der Waals surface area contributed by atoms with Crippen molar-refractivity contribution in [2.75, 3.05) is 0 Å². The lowest BCUT2D eigenvalue weighted by molar-refractivity contribution is 0.0702. The minimum atomic E-state index is -0.937. The Bertz CT molecular complexity index is 615. The summed E-state index contributed by atoms with van der Waals surface area (Å²) >= 11 is 1.22. The van der Waals surface area contributed by atoms with Crippen LogP contribution in [0.5, 0.6) is 0 Å². The number of aromatic carboxylic acids is 1. The molecule has 0 aromatic carbocycles. The SMILES string of the molecule is Cc1sc(C(=O)O)cc1Cn1ccc(C(N)=O)n1. The van der Waals surface area contributed by atoms with Gasteiger partial charge >= 0.3 is 5.97 Å². The van der Waals surface area contributed by atoms with E-state index in [0.29, 0.717) is 11.4 Å². The molecule has 94 valence electrons. The van der Waals surface area contributed by atoms with Crippen molar-refractivity contribution in [3.63, 3.8) is 0 Å². The highest BCUT2D eigenvalue weighted by molar-refractivity contribution is 7.14. The maximum absolute atomic E-state index is 10.9. The summed E-state index contributed by atoms with van der Waals surface area (Å²) < 4.78 is 1.56. The topological polar surface area (TPSA) is 98.2 Å². The molecule has 0 aliphatic carbocycles. The Kier molecular flexibility index (Phi) is 3.15. The molecule has 2 rings (SSSR count). The van der Waals surface area contributed by atoms with Crippen molar-refractivity contribution < 1.29 is 14.7 Å². The van der Waals surface area contributed by atoms with Crippen LogP contribution in [0.3, 0.4) is 0 Å².